The van der Waals surface area contributed by atoms with Gasteiger partial charge in [-0.05, 0) is 30.5 Å². The topological polar surface area (TPSA) is 77.2 Å². The van der Waals surface area contributed by atoms with Gasteiger partial charge in [0.1, 0.15) is 11.5 Å². The molecule has 3 aromatic rings. The van der Waals surface area contributed by atoms with E-state index in [0.29, 0.717) is 27.6 Å². The summed E-state index contributed by atoms with van der Waals surface area (Å²) >= 11 is 1.37. The Kier molecular flexibility index (Phi) is 3.72. The lowest BCUT2D eigenvalue weighted by Crippen LogP contribution is -2.18. The molecule has 3 rings (SSSR count). The number of rotatable bonds is 3. The number of methoxy groups -OCH3 is 1. The molecule has 0 aliphatic heterocycles. The van der Waals surface area contributed by atoms with E-state index in [0.717, 1.165) is 6.07 Å². The third-order valence-electron chi connectivity index (χ3n) is 3.23. The molecule has 0 radical (unpaired) electrons. The van der Waals surface area contributed by atoms with Crippen LogP contribution in [0.2, 0.25) is 0 Å². The fourth-order valence-corrected chi connectivity index (χ4v) is 2.49. The first-order valence-electron chi connectivity index (χ1n) is 6.44. The van der Waals surface area contributed by atoms with Gasteiger partial charge in [-0.25, -0.2) is 9.97 Å². The van der Waals surface area contributed by atoms with Crippen LogP contribution in [0.4, 0.5) is 0 Å². The average Bonchev–Trinajstić information content (AvgIpc) is 2.55. The van der Waals surface area contributed by atoms with E-state index in [2.05, 4.69) is 9.97 Å². The summed E-state index contributed by atoms with van der Waals surface area (Å²) in [5.41, 5.74) is 0.650. The molecule has 22 heavy (non-hydrogen) atoms. The summed E-state index contributed by atoms with van der Waals surface area (Å²) in [4.78, 5) is 20.8. The van der Waals surface area contributed by atoms with Crippen LogP contribution in [0.1, 0.15) is 0 Å². The molecule has 112 valence electrons. The van der Waals surface area contributed by atoms with E-state index in [9.17, 15) is 9.90 Å². The Morgan fingerprint density at radius 3 is 2.64 bits per heavy atom. The highest BCUT2D eigenvalue weighted by Crippen LogP contribution is 2.24. The number of aromatic nitrogens is 3. The van der Waals surface area contributed by atoms with Crippen LogP contribution in [-0.4, -0.2) is 33.0 Å². The third-order valence-corrected chi connectivity index (χ3v) is 3.79. The molecule has 0 amide bonds. The van der Waals surface area contributed by atoms with Gasteiger partial charge in [-0.15, -0.1) is 0 Å². The van der Waals surface area contributed by atoms with Gasteiger partial charge < -0.3 is 9.84 Å². The summed E-state index contributed by atoms with van der Waals surface area (Å²) < 4.78 is 6.56. The maximum absolute atomic E-state index is 12.3. The minimum Gasteiger partial charge on any atom is -0.507 e. The van der Waals surface area contributed by atoms with E-state index in [1.165, 1.54) is 22.5 Å². The summed E-state index contributed by atoms with van der Waals surface area (Å²) in [6, 6.07) is 8.21. The van der Waals surface area contributed by atoms with Gasteiger partial charge in [0.2, 0.25) is 0 Å². The quantitative estimate of drug-likeness (QED) is 0.590. The monoisotopic (exact) mass is 315 g/mol. The Morgan fingerprint density at radius 1 is 1.27 bits per heavy atom. The molecule has 2 heterocycles. The molecule has 6 nitrogen and oxygen atoms in total. The molecular weight excluding hydrogens is 302 g/mol. The number of thioether (sulfide) groups is 1. The van der Waals surface area contributed by atoms with Crippen LogP contribution in [0, 0.1) is 0 Å². The van der Waals surface area contributed by atoms with Gasteiger partial charge in [0.15, 0.2) is 10.8 Å². The van der Waals surface area contributed by atoms with E-state index >= 15 is 0 Å². The summed E-state index contributed by atoms with van der Waals surface area (Å²) in [7, 11) is 1.58. The molecule has 0 saturated carbocycles. The molecule has 1 N–H and O–H groups in total. The second-order valence-electron chi connectivity index (χ2n) is 4.50. The molecule has 0 saturated heterocycles. The van der Waals surface area contributed by atoms with Crippen molar-refractivity contribution in [2.24, 2.45) is 0 Å². The standard InChI is InChI=1S/C15H13N3O3S/c1-21-10-5-3-9(4-6-10)18-13(20)7-12(19)11-8-16-15(22-2)17-14(11)18/h3-8,19H,1-2H3. The van der Waals surface area contributed by atoms with Crippen molar-refractivity contribution in [2.45, 2.75) is 5.16 Å². The van der Waals surface area contributed by atoms with Crippen molar-refractivity contribution >= 4 is 22.8 Å². The number of pyridine rings is 1. The zero-order valence-corrected chi connectivity index (χ0v) is 12.8. The SMILES string of the molecule is COc1ccc(-n2c(=O)cc(O)c3cnc(SC)nc32)cc1. The molecule has 0 fully saturated rings. The second kappa shape index (κ2) is 5.69. The van der Waals surface area contributed by atoms with Crippen LogP contribution in [0.15, 0.2) is 46.5 Å². The maximum Gasteiger partial charge on any atom is 0.260 e. The third kappa shape index (κ3) is 2.39. The largest absolute Gasteiger partial charge is 0.507 e. The van der Waals surface area contributed by atoms with Crippen molar-refractivity contribution in [3.63, 3.8) is 0 Å². The first-order valence-corrected chi connectivity index (χ1v) is 7.66. The first-order chi connectivity index (χ1) is 10.6. The first kappa shape index (κ1) is 14.4. The van der Waals surface area contributed by atoms with Crippen LogP contribution < -0.4 is 10.3 Å². The fourth-order valence-electron chi connectivity index (χ4n) is 2.15. The summed E-state index contributed by atoms with van der Waals surface area (Å²) in [6.45, 7) is 0. The lowest BCUT2D eigenvalue weighted by molar-refractivity contribution is 0.414. The number of nitrogens with zero attached hydrogens (tertiary/aromatic N) is 3. The molecular formula is C15H13N3O3S. The minimum absolute atomic E-state index is 0.127. The van der Waals surface area contributed by atoms with Gasteiger partial charge >= 0.3 is 0 Å². The molecule has 0 aliphatic rings. The van der Waals surface area contributed by atoms with Crippen LogP contribution in [0.3, 0.4) is 0 Å². The van der Waals surface area contributed by atoms with Gasteiger partial charge in [0.05, 0.1) is 18.2 Å². The Balaban J connectivity index is 2.33. The lowest BCUT2D eigenvalue weighted by atomic mass is 10.2. The summed E-state index contributed by atoms with van der Waals surface area (Å²) in [6.07, 6.45) is 3.36. The van der Waals surface area contributed by atoms with Gasteiger partial charge in [0.25, 0.3) is 5.56 Å². The highest BCUT2D eigenvalue weighted by molar-refractivity contribution is 7.98. The van der Waals surface area contributed by atoms with Crippen LogP contribution >= 0.6 is 11.8 Å². The average molecular weight is 315 g/mol. The van der Waals surface area contributed by atoms with Crippen molar-refractivity contribution in [3.8, 4) is 17.2 Å². The number of ether oxygens (including phenoxy) is 1. The number of fused-ring (bicyclic) bond motifs is 1. The smallest absolute Gasteiger partial charge is 0.260 e. The fraction of sp³-hybridized carbons (Fsp3) is 0.133. The highest BCUT2D eigenvalue weighted by Gasteiger charge is 2.12. The highest BCUT2D eigenvalue weighted by atomic mass is 32.2. The molecule has 0 bridgehead atoms. The molecule has 0 aliphatic carbocycles. The zero-order valence-electron chi connectivity index (χ0n) is 12.0. The summed E-state index contributed by atoms with van der Waals surface area (Å²) in [5, 5.41) is 10.9. The molecule has 1 aromatic carbocycles. The second-order valence-corrected chi connectivity index (χ2v) is 5.27. The minimum atomic E-state index is -0.360. The van der Waals surface area contributed by atoms with Gasteiger partial charge in [-0.3, -0.25) is 9.36 Å². The van der Waals surface area contributed by atoms with E-state index in [4.69, 9.17) is 4.74 Å². The van der Waals surface area contributed by atoms with Gasteiger partial charge in [-0.2, -0.15) is 0 Å². The molecule has 0 spiro atoms. The predicted molar refractivity (Wildman–Crippen MR) is 85.1 cm³/mol. The zero-order chi connectivity index (χ0) is 15.7. The normalized spacial score (nSPS) is 10.8. The van der Waals surface area contributed by atoms with E-state index in [1.807, 2.05) is 6.26 Å². The van der Waals surface area contributed by atoms with E-state index < -0.39 is 0 Å². The Morgan fingerprint density at radius 2 is 2.00 bits per heavy atom. The summed E-state index contributed by atoms with van der Waals surface area (Å²) in [5.74, 6) is 0.566. The number of hydrogen-bond donors (Lipinski definition) is 1. The van der Waals surface area contributed by atoms with Crippen LogP contribution in [0.5, 0.6) is 11.5 Å². The van der Waals surface area contributed by atoms with Crippen LogP contribution in [0.25, 0.3) is 16.7 Å². The molecule has 7 heteroatoms. The van der Waals surface area contributed by atoms with E-state index in [-0.39, 0.29) is 11.3 Å². The number of hydrogen-bond acceptors (Lipinski definition) is 6. The number of benzene rings is 1. The Labute approximate surface area is 130 Å². The van der Waals surface area contributed by atoms with Crippen LogP contribution in [-0.2, 0) is 0 Å². The van der Waals surface area contributed by atoms with Gasteiger partial charge in [-0.1, -0.05) is 11.8 Å². The van der Waals surface area contributed by atoms with Crippen molar-refractivity contribution < 1.29 is 9.84 Å². The Hall–Kier alpha value is -2.54. The van der Waals surface area contributed by atoms with Crippen molar-refractivity contribution in [1.82, 2.24) is 14.5 Å². The van der Waals surface area contributed by atoms with Crippen molar-refractivity contribution in [2.75, 3.05) is 13.4 Å². The Bertz CT molecular complexity index is 891. The number of aromatic hydroxyl groups is 1. The lowest BCUT2D eigenvalue weighted by Gasteiger charge is -2.11. The van der Waals surface area contributed by atoms with Crippen molar-refractivity contribution in [3.05, 3.63) is 46.9 Å². The van der Waals surface area contributed by atoms with Crippen molar-refractivity contribution in [1.29, 1.82) is 0 Å². The molecule has 0 unspecified atom stereocenters. The predicted octanol–water partition coefficient (Wildman–Crippen LogP) is 2.22. The molecule has 2 aromatic heterocycles. The van der Waals surface area contributed by atoms with Gasteiger partial charge in [0, 0.05) is 12.3 Å². The maximum atomic E-state index is 12.3. The molecule has 0 atom stereocenters. The van der Waals surface area contributed by atoms with E-state index in [1.54, 1.807) is 31.4 Å².